The number of benzene rings is 1. The lowest BCUT2D eigenvalue weighted by atomic mass is 10.1. The van der Waals surface area contributed by atoms with E-state index in [0.29, 0.717) is 35.6 Å². The molecular weight excluding hydrogens is 458 g/mol. The Hall–Kier alpha value is -3.34. The Morgan fingerprint density at radius 3 is 2.74 bits per heavy atom. The Bertz CT molecular complexity index is 1150. The smallest absolute Gasteiger partial charge is 0.263 e. The molecule has 10 heteroatoms. The van der Waals surface area contributed by atoms with E-state index in [1.165, 1.54) is 28.5 Å². The zero-order valence-electron chi connectivity index (χ0n) is 19.3. The lowest BCUT2D eigenvalue weighted by Crippen LogP contribution is -2.28. The number of likely N-dealkylation sites (N-methyl/N-ethyl adjacent to an activating group) is 1. The maximum absolute atomic E-state index is 13.5. The number of allylic oxidation sites excluding steroid dienone is 3. The number of aromatic nitrogens is 1. The van der Waals surface area contributed by atoms with E-state index in [0.717, 1.165) is 16.0 Å². The maximum Gasteiger partial charge on any atom is 0.263 e. The summed E-state index contributed by atoms with van der Waals surface area (Å²) < 4.78 is 27.1. The molecule has 0 saturated heterocycles. The minimum atomic E-state index is -2.65. The Balaban J connectivity index is 1.80. The predicted molar refractivity (Wildman–Crippen MR) is 133 cm³/mol. The van der Waals surface area contributed by atoms with E-state index in [4.69, 9.17) is 11.6 Å². The van der Waals surface area contributed by atoms with Crippen LogP contribution in [-0.4, -0.2) is 42.9 Å². The van der Waals surface area contributed by atoms with Crippen molar-refractivity contribution in [2.24, 2.45) is 11.6 Å². The van der Waals surface area contributed by atoms with Gasteiger partial charge in [0.15, 0.2) is 0 Å². The van der Waals surface area contributed by atoms with Gasteiger partial charge in [-0.3, -0.25) is 14.8 Å². The van der Waals surface area contributed by atoms with Crippen molar-refractivity contribution in [1.82, 2.24) is 15.2 Å². The van der Waals surface area contributed by atoms with Crippen LogP contribution in [0.3, 0.4) is 0 Å². The highest BCUT2D eigenvalue weighted by molar-refractivity contribution is 7.10. The van der Waals surface area contributed by atoms with Gasteiger partial charge in [0.25, 0.3) is 12.3 Å². The molecule has 0 aliphatic heterocycles. The van der Waals surface area contributed by atoms with Crippen molar-refractivity contribution in [3.05, 3.63) is 87.2 Å². The lowest BCUT2D eigenvalue weighted by Gasteiger charge is -2.18. The van der Waals surface area contributed by atoms with Gasteiger partial charge in [-0.1, -0.05) is 12.1 Å². The topological polar surface area (TPSA) is 101 Å². The lowest BCUT2D eigenvalue weighted by molar-refractivity contribution is 0.0965. The van der Waals surface area contributed by atoms with E-state index in [1.54, 1.807) is 36.1 Å². The summed E-state index contributed by atoms with van der Waals surface area (Å²) in [5.41, 5.74) is 11.0. The number of halogens is 2. The molecular formula is C24H28F2N6OS. The van der Waals surface area contributed by atoms with E-state index in [9.17, 15) is 13.6 Å². The molecule has 0 saturated carbocycles. The molecule has 7 nitrogen and oxygen atoms in total. The fourth-order valence-corrected chi connectivity index (χ4v) is 3.94. The number of hydrogen-bond donors (Lipinski definition) is 3. The number of alkyl halides is 2. The molecule has 0 spiro atoms. The van der Waals surface area contributed by atoms with Crippen LogP contribution in [0.5, 0.6) is 0 Å². The fraction of sp³-hybridized carbons (Fsp3) is 0.250. The number of carbonyl (C=O) groups is 1. The second-order valence-electron chi connectivity index (χ2n) is 8.15. The summed E-state index contributed by atoms with van der Waals surface area (Å²) in [4.78, 5) is 19.6. The van der Waals surface area contributed by atoms with Crippen molar-refractivity contribution >= 4 is 28.6 Å². The summed E-state index contributed by atoms with van der Waals surface area (Å²) in [6.45, 7) is 2.38. The van der Waals surface area contributed by atoms with Gasteiger partial charge in [0.05, 0.1) is 21.8 Å². The second-order valence-corrected chi connectivity index (χ2v) is 9.03. The van der Waals surface area contributed by atoms with Gasteiger partial charge in [0, 0.05) is 42.2 Å². The van der Waals surface area contributed by atoms with Crippen LogP contribution >= 0.6 is 11.3 Å². The maximum atomic E-state index is 13.5. The average Bonchev–Trinajstić information content (AvgIpc) is 3.24. The van der Waals surface area contributed by atoms with Crippen LogP contribution in [0.2, 0.25) is 0 Å². The zero-order valence-corrected chi connectivity index (χ0v) is 20.1. The SMILES string of the molecule is Cc1ccc(C(=O)NC2=CC(C(F)F)=CC(CN(C)C)=CC2)cc1N(N)/C=C(\N)c1cncs1. The Labute approximate surface area is 201 Å². The van der Waals surface area contributed by atoms with Crippen LogP contribution in [-0.2, 0) is 0 Å². The Morgan fingerprint density at radius 1 is 1.32 bits per heavy atom. The monoisotopic (exact) mass is 486 g/mol. The number of nitrogens with two attached hydrogens (primary N) is 2. The molecule has 1 aromatic carbocycles. The normalized spacial score (nSPS) is 14.5. The van der Waals surface area contributed by atoms with Crippen molar-refractivity contribution in [2.45, 2.75) is 19.8 Å². The molecule has 2 aromatic rings. The molecule has 0 unspecified atom stereocenters. The Morgan fingerprint density at radius 2 is 2.09 bits per heavy atom. The molecule has 34 heavy (non-hydrogen) atoms. The summed E-state index contributed by atoms with van der Waals surface area (Å²) in [6.07, 6.45) is 5.53. The molecule has 1 aromatic heterocycles. The number of amides is 1. The van der Waals surface area contributed by atoms with Crippen molar-refractivity contribution in [1.29, 1.82) is 0 Å². The van der Waals surface area contributed by atoms with Crippen molar-refractivity contribution in [3.63, 3.8) is 0 Å². The van der Waals surface area contributed by atoms with Gasteiger partial charge < -0.3 is 16.0 Å². The van der Waals surface area contributed by atoms with Gasteiger partial charge in [-0.25, -0.2) is 14.6 Å². The third kappa shape index (κ3) is 6.60. The number of hydrazine groups is 1. The summed E-state index contributed by atoms with van der Waals surface area (Å²) in [5, 5.41) is 4.11. The van der Waals surface area contributed by atoms with Crippen molar-refractivity contribution in [3.8, 4) is 0 Å². The van der Waals surface area contributed by atoms with Gasteiger partial charge in [-0.05, 0) is 56.4 Å². The van der Waals surface area contributed by atoms with Crippen LogP contribution in [0.15, 0.2) is 71.2 Å². The number of thiazole rings is 1. The van der Waals surface area contributed by atoms with E-state index < -0.39 is 12.3 Å². The van der Waals surface area contributed by atoms with Crippen LogP contribution in [0.4, 0.5) is 14.5 Å². The first-order chi connectivity index (χ1) is 16.1. The van der Waals surface area contributed by atoms with Gasteiger partial charge in [0.2, 0.25) is 0 Å². The number of nitrogens with one attached hydrogen (secondary N) is 1. The van der Waals surface area contributed by atoms with Gasteiger partial charge in [0.1, 0.15) is 0 Å². The number of nitrogens with zero attached hydrogens (tertiary/aromatic N) is 3. The first-order valence-corrected chi connectivity index (χ1v) is 11.4. The molecule has 5 N–H and O–H groups in total. The molecule has 180 valence electrons. The number of rotatable bonds is 8. The molecule has 0 bridgehead atoms. The highest BCUT2D eigenvalue weighted by Gasteiger charge is 2.17. The average molecular weight is 487 g/mol. The van der Waals surface area contributed by atoms with E-state index in [1.807, 2.05) is 32.0 Å². The van der Waals surface area contributed by atoms with E-state index in [2.05, 4.69) is 10.3 Å². The molecule has 1 aliphatic carbocycles. The van der Waals surface area contributed by atoms with Crippen LogP contribution < -0.4 is 21.9 Å². The number of hydrogen-bond acceptors (Lipinski definition) is 7. The molecule has 1 heterocycles. The van der Waals surface area contributed by atoms with Crippen LogP contribution in [0.1, 0.15) is 27.2 Å². The minimum Gasteiger partial charge on any atom is -0.396 e. The summed E-state index contributed by atoms with van der Waals surface area (Å²) >= 11 is 1.38. The molecule has 1 amide bonds. The minimum absolute atomic E-state index is 0.137. The largest absolute Gasteiger partial charge is 0.396 e. The first-order valence-electron chi connectivity index (χ1n) is 10.5. The molecule has 0 fully saturated rings. The van der Waals surface area contributed by atoms with Gasteiger partial charge in [-0.15, -0.1) is 11.3 Å². The summed E-state index contributed by atoms with van der Waals surface area (Å²) in [7, 11) is 3.74. The van der Waals surface area contributed by atoms with E-state index >= 15 is 0 Å². The fourth-order valence-electron chi connectivity index (χ4n) is 3.39. The number of aryl methyl sites for hydroxylation is 1. The van der Waals surface area contributed by atoms with E-state index in [-0.39, 0.29) is 5.57 Å². The van der Waals surface area contributed by atoms with Crippen LogP contribution in [0.25, 0.3) is 5.70 Å². The first kappa shape index (κ1) is 25.3. The van der Waals surface area contributed by atoms with Gasteiger partial charge in [-0.2, -0.15) is 0 Å². The van der Waals surface area contributed by atoms with Crippen molar-refractivity contribution < 1.29 is 13.6 Å². The standard InChI is InChI=1S/C24H28F2N6OS/c1-15-4-6-17(10-21(15)32(28)13-20(27)22-11-29-14-34-22)24(33)30-19-7-5-16(12-31(2)3)8-18(9-19)23(25)26/h4-6,8-11,13-14,23H,7,12,27-28H2,1-3H3,(H,30,33)/b20-13-. The highest BCUT2D eigenvalue weighted by atomic mass is 32.1. The zero-order chi connectivity index (χ0) is 24.8. The quantitative estimate of drug-likeness (QED) is 0.388. The highest BCUT2D eigenvalue weighted by Crippen LogP contribution is 2.24. The van der Waals surface area contributed by atoms with Crippen LogP contribution in [0, 0.1) is 6.92 Å². The van der Waals surface area contributed by atoms with Gasteiger partial charge >= 0.3 is 0 Å². The molecule has 1 aliphatic rings. The summed E-state index contributed by atoms with van der Waals surface area (Å²) in [6, 6.07) is 5.06. The molecule has 0 radical (unpaired) electrons. The van der Waals surface area contributed by atoms with Crippen molar-refractivity contribution in [2.75, 3.05) is 25.6 Å². The third-order valence-corrected chi connectivity index (χ3v) is 5.87. The Kier molecular flexibility index (Phi) is 8.32. The number of anilines is 1. The molecule has 3 rings (SSSR count). The third-order valence-electron chi connectivity index (χ3n) is 5.05. The summed E-state index contributed by atoms with van der Waals surface area (Å²) in [5.74, 6) is 5.78. The second kappa shape index (κ2) is 11.2. The number of carbonyl (C=O) groups excluding carboxylic acids is 1. The molecule has 0 atom stereocenters. The predicted octanol–water partition coefficient (Wildman–Crippen LogP) is 3.79.